The van der Waals surface area contributed by atoms with E-state index in [-0.39, 0.29) is 42.1 Å². The first-order chi connectivity index (χ1) is 23.5. The summed E-state index contributed by atoms with van der Waals surface area (Å²) in [5.74, 6) is -1.64. The monoisotopic (exact) mass is 695 g/mol. The molecule has 0 spiro atoms. The van der Waals surface area contributed by atoms with Crippen molar-refractivity contribution >= 4 is 29.6 Å². The molecule has 0 bridgehead atoms. The molecule has 278 valence electrons. The van der Waals surface area contributed by atoms with Crippen LogP contribution in [0.5, 0.6) is 0 Å². The molecule has 2 aliphatic rings. The van der Waals surface area contributed by atoms with Gasteiger partial charge < -0.3 is 25.2 Å². The molecule has 0 radical (unpaired) electrons. The number of likely N-dealkylation sites (N-methyl/N-ethyl adjacent to an activating group) is 1. The second-order valence-electron chi connectivity index (χ2n) is 15.6. The summed E-state index contributed by atoms with van der Waals surface area (Å²) in [6.07, 6.45) is 5.97. The zero-order valence-corrected chi connectivity index (χ0v) is 32.0. The van der Waals surface area contributed by atoms with Crippen LogP contribution in [0.15, 0.2) is 42.0 Å². The van der Waals surface area contributed by atoms with Gasteiger partial charge in [-0.2, -0.15) is 0 Å². The number of carbonyl (C=O) groups is 5. The van der Waals surface area contributed by atoms with Crippen LogP contribution in [-0.4, -0.2) is 108 Å². The predicted molar refractivity (Wildman–Crippen MR) is 195 cm³/mol. The molecule has 2 aliphatic heterocycles. The van der Waals surface area contributed by atoms with E-state index >= 15 is 0 Å². The Hall–Kier alpha value is -3.73. The molecule has 0 aromatic heterocycles. The summed E-state index contributed by atoms with van der Waals surface area (Å²) in [6, 6.07) is 6.46. The van der Waals surface area contributed by atoms with E-state index in [1.165, 1.54) is 7.11 Å². The van der Waals surface area contributed by atoms with Gasteiger partial charge in [0.05, 0.1) is 19.2 Å². The van der Waals surface area contributed by atoms with Crippen molar-refractivity contribution in [2.75, 3.05) is 27.2 Å². The zero-order valence-electron chi connectivity index (χ0n) is 32.0. The van der Waals surface area contributed by atoms with Crippen molar-refractivity contribution in [1.29, 1.82) is 0 Å². The minimum Gasteiger partial charge on any atom is -0.467 e. The van der Waals surface area contributed by atoms with Gasteiger partial charge in [0.15, 0.2) is 0 Å². The van der Waals surface area contributed by atoms with E-state index in [1.807, 2.05) is 65.0 Å². The first-order valence-electron chi connectivity index (χ1n) is 18.2. The number of rotatable bonds is 13. The second-order valence-corrected chi connectivity index (χ2v) is 15.6. The fourth-order valence-electron chi connectivity index (χ4n) is 7.13. The quantitative estimate of drug-likeness (QED) is 0.235. The van der Waals surface area contributed by atoms with Gasteiger partial charge in [-0.15, -0.1) is 0 Å². The summed E-state index contributed by atoms with van der Waals surface area (Å²) in [4.78, 5) is 73.3. The summed E-state index contributed by atoms with van der Waals surface area (Å²) in [5, 5.41) is 5.95. The Kier molecular flexibility index (Phi) is 14.6. The number of carbonyl (C=O) groups excluding carboxylic acids is 5. The molecule has 50 heavy (non-hydrogen) atoms. The molecule has 1 aromatic carbocycles. The van der Waals surface area contributed by atoms with Gasteiger partial charge in [-0.05, 0) is 69.9 Å². The highest BCUT2D eigenvalue weighted by Crippen LogP contribution is 2.27. The third kappa shape index (κ3) is 10.4. The lowest BCUT2D eigenvalue weighted by atomic mass is 9.84. The number of piperidine rings is 1. The lowest BCUT2D eigenvalue weighted by Gasteiger charge is -2.41. The number of methoxy groups -OCH3 is 1. The largest absolute Gasteiger partial charge is 0.467 e. The van der Waals surface area contributed by atoms with Crippen molar-refractivity contribution in [3.8, 4) is 0 Å². The lowest BCUT2D eigenvalue weighted by molar-refractivity contribution is -0.146. The van der Waals surface area contributed by atoms with Crippen molar-refractivity contribution in [3.05, 3.63) is 47.5 Å². The Morgan fingerprint density at radius 2 is 1.54 bits per heavy atom. The van der Waals surface area contributed by atoms with E-state index in [0.717, 1.165) is 31.4 Å². The Balaban J connectivity index is 1.78. The Morgan fingerprint density at radius 1 is 0.920 bits per heavy atom. The van der Waals surface area contributed by atoms with Crippen molar-refractivity contribution in [2.24, 2.45) is 11.3 Å². The smallest absolute Gasteiger partial charge is 0.328 e. The van der Waals surface area contributed by atoms with Gasteiger partial charge >= 0.3 is 5.97 Å². The molecular weight excluding hydrogens is 634 g/mol. The van der Waals surface area contributed by atoms with Crippen molar-refractivity contribution in [2.45, 2.75) is 130 Å². The summed E-state index contributed by atoms with van der Waals surface area (Å²) in [5.41, 5.74) is 0.732. The molecule has 2 fully saturated rings. The molecule has 11 nitrogen and oxygen atoms in total. The highest BCUT2D eigenvalue weighted by molar-refractivity contribution is 5.98. The Morgan fingerprint density at radius 3 is 2.12 bits per heavy atom. The molecule has 0 aliphatic carbocycles. The molecule has 11 heteroatoms. The molecule has 2 saturated heterocycles. The van der Waals surface area contributed by atoms with Gasteiger partial charge in [0.25, 0.3) is 0 Å². The number of likely N-dealkylation sites (tertiary alicyclic amines) is 2. The van der Waals surface area contributed by atoms with Gasteiger partial charge in [-0.25, -0.2) is 4.79 Å². The number of hydrogen-bond acceptors (Lipinski definition) is 7. The van der Waals surface area contributed by atoms with E-state index in [0.29, 0.717) is 25.0 Å². The Bertz CT molecular complexity index is 1370. The summed E-state index contributed by atoms with van der Waals surface area (Å²) >= 11 is 0. The van der Waals surface area contributed by atoms with Crippen molar-refractivity contribution < 1.29 is 28.7 Å². The van der Waals surface area contributed by atoms with E-state index in [9.17, 15) is 24.0 Å². The molecule has 3 rings (SSSR count). The molecule has 0 saturated carbocycles. The third-order valence-corrected chi connectivity index (χ3v) is 10.0. The van der Waals surface area contributed by atoms with Gasteiger partial charge in [0.2, 0.25) is 23.6 Å². The number of amides is 4. The SMILES string of the molecule is COC(=O)[C@H](Cc1ccccc1)NC(=O)[C@@H]1CCCN1C(=O)/C(C)=C/[C@H](C(C)C)N(C)C(=O)C(NC(=O)C1CCCCN1C(C)C)C(C)(C)C. The van der Waals surface area contributed by atoms with Gasteiger partial charge in [0, 0.05) is 31.6 Å². The van der Waals surface area contributed by atoms with Crippen LogP contribution in [-0.2, 0) is 35.1 Å². The fourth-order valence-corrected chi connectivity index (χ4v) is 7.13. The standard InChI is InChI=1S/C39H61N5O6/c1-25(2)32(42(9)37(48)33(39(6,7)8)41-35(46)30-19-14-15-21-43(30)26(3)4)23-27(5)36(47)44-22-16-20-31(44)34(45)40-29(38(49)50-10)24-28-17-12-11-13-18-28/h11-13,17-18,23,25-26,29-33H,14-16,19-22,24H2,1-10H3,(H,40,45)(H,41,46)/b27-23+/t29-,30?,31-,32+,33?/m0/s1. The third-order valence-electron chi connectivity index (χ3n) is 10.0. The van der Waals surface area contributed by atoms with E-state index < -0.39 is 41.5 Å². The van der Waals surface area contributed by atoms with Gasteiger partial charge in [-0.3, -0.25) is 24.1 Å². The zero-order chi connectivity index (χ0) is 37.3. The first-order valence-corrected chi connectivity index (χ1v) is 18.2. The highest BCUT2D eigenvalue weighted by Gasteiger charge is 2.41. The van der Waals surface area contributed by atoms with Crippen LogP contribution < -0.4 is 10.6 Å². The minimum absolute atomic E-state index is 0.0470. The number of ether oxygens (including phenoxy) is 1. The lowest BCUT2D eigenvalue weighted by Crippen LogP contribution is -2.60. The molecule has 2 unspecified atom stereocenters. The van der Waals surface area contributed by atoms with E-state index in [1.54, 1.807) is 29.8 Å². The number of benzene rings is 1. The van der Waals surface area contributed by atoms with Crippen molar-refractivity contribution in [3.63, 3.8) is 0 Å². The summed E-state index contributed by atoms with van der Waals surface area (Å²) in [7, 11) is 3.01. The molecule has 2 heterocycles. The van der Waals surface area contributed by atoms with Crippen LogP contribution in [0.2, 0.25) is 0 Å². The number of esters is 1. The normalized spacial score (nSPS) is 20.6. The van der Waals surface area contributed by atoms with E-state index in [2.05, 4.69) is 29.4 Å². The number of hydrogen-bond donors (Lipinski definition) is 2. The molecule has 2 N–H and O–H groups in total. The number of nitrogens with zero attached hydrogens (tertiary/aromatic N) is 3. The van der Waals surface area contributed by atoms with Crippen LogP contribution in [0.4, 0.5) is 0 Å². The predicted octanol–water partition coefficient (Wildman–Crippen LogP) is 4.10. The minimum atomic E-state index is -0.892. The van der Waals surface area contributed by atoms with Crippen LogP contribution in [0, 0.1) is 11.3 Å². The maximum Gasteiger partial charge on any atom is 0.328 e. The Labute approximate surface area is 299 Å². The maximum atomic E-state index is 14.2. The number of nitrogens with one attached hydrogen (secondary N) is 2. The van der Waals surface area contributed by atoms with Crippen molar-refractivity contribution in [1.82, 2.24) is 25.3 Å². The average molecular weight is 696 g/mol. The summed E-state index contributed by atoms with van der Waals surface area (Å²) in [6.45, 7) is 17.0. The molecular formula is C39H61N5O6. The van der Waals surface area contributed by atoms with Crippen LogP contribution in [0.1, 0.15) is 93.1 Å². The molecule has 1 aromatic rings. The maximum absolute atomic E-state index is 14.2. The summed E-state index contributed by atoms with van der Waals surface area (Å²) < 4.78 is 4.97. The van der Waals surface area contributed by atoms with E-state index in [4.69, 9.17) is 4.74 Å². The van der Waals surface area contributed by atoms with Gasteiger partial charge in [-0.1, -0.05) is 77.4 Å². The van der Waals surface area contributed by atoms with Crippen LogP contribution in [0.25, 0.3) is 0 Å². The van der Waals surface area contributed by atoms with Gasteiger partial charge in [0.1, 0.15) is 18.1 Å². The topological polar surface area (TPSA) is 128 Å². The van der Waals surface area contributed by atoms with Crippen LogP contribution in [0.3, 0.4) is 0 Å². The highest BCUT2D eigenvalue weighted by atomic mass is 16.5. The molecule has 5 atom stereocenters. The second kappa shape index (κ2) is 18.0. The van der Waals surface area contributed by atoms with Crippen LogP contribution >= 0.6 is 0 Å². The fraction of sp³-hybridized carbons (Fsp3) is 0.667. The first kappa shape index (κ1) is 40.7. The molecule has 4 amide bonds. The average Bonchev–Trinajstić information content (AvgIpc) is 3.58.